The van der Waals surface area contributed by atoms with Crippen molar-refractivity contribution in [3.63, 3.8) is 0 Å². The van der Waals surface area contributed by atoms with Gasteiger partial charge in [-0.15, -0.1) is 11.3 Å². The molecular weight excluding hydrogens is 424 g/mol. The van der Waals surface area contributed by atoms with Crippen LogP contribution in [0.3, 0.4) is 0 Å². The molecule has 0 unspecified atom stereocenters. The summed E-state index contributed by atoms with van der Waals surface area (Å²) in [5, 5.41) is 3.06. The summed E-state index contributed by atoms with van der Waals surface area (Å²) < 4.78 is 53.4. The zero-order valence-corrected chi connectivity index (χ0v) is 17.2. The van der Waals surface area contributed by atoms with E-state index in [0.717, 1.165) is 60.4 Å². The molecular formula is C19H19F2NO5S2. The molecule has 10 heteroatoms. The maximum Gasteiger partial charge on any atom is 0.341 e. The number of fused-ring (bicyclic) bond motifs is 1. The number of aryl methyl sites for hydroxylation is 1. The average molecular weight is 443 g/mol. The van der Waals surface area contributed by atoms with Crippen molar-refractivity contribution in [3.8, 4) is 0 Å². The van der Waals surface area contributed by atoms with Crippen LogP contribution in [0.15, 0.2) is 29.2 Å². The predicted octanol–water partition coefficient (Wildman–Crippen LogP) is 4.05. The molecule has 0 spiro atoms. The van der Waals surface area contributed by atoms with Crippen molar-refractivity contribution < 1.29 is 31.5 Å². The second-order valence-corrected chi connectivity index (χ2v) is 9.44. The van der Waals surface area contributed by atoms with Gasteiger partial charge in [-0.3, -0.25) is 4.79 Å². The van der Waals surface area contributed by atoms with Crippen LogP contribution in [0, 0.1) is 0 Å². The third-order valence-electron chi connectivity index (χ3n) is 4.56. The first-order valence-electron chi connectivity index (χ1n) is 9.00. The highest BCUT2D eigenvalue weighted by Crippen LogP contribution is 2.38. The fourth-order valence-corrected chi connectivity index (χ4v) is 5.14. The van der Waals surface area contributed by atoms with E-state index in [2.05, 4.69) is 5.32 Å². The molecule has 1 aliphatic carbocycles. The van der Waals surface area contributed by atoms with Gasteiger partial charge in [0, 0.05) is 10.4 Å². The first kappa shape index (κ1) is 21.4. The predicted molar refractivity (Wildman–Crippen MR) is 105 cm³/mol. The van der Waals surface area contributed by atoms with Gasteiger partial charge in [0.25, 0.3) is 5.91 Å². The summed E-state index contributed by atoms with van der Waals surface area (Å²) in [7, 11) is -4.73. The molecule has 6 nitrogen and oxygen atoms in total. The van der Waals surface area contributed by atoms with Crippen molar-refractivity contribution in [3.05, 3.63) is 45.8 Å². The van der Waals surface area contributed by atoms with Gasteiger partial charge < -0.3 is 10.1 Å². The lowest BCUT2D eigenvalue weighted by Gasteiger charge is -2.12. The van der Waals surface area contributed by atoms with Gasteiger partial charge in [0.15, 0.2) is 0 Å². The Labute approximate surface area is 170 Å². The molecule has 0 saturated heterocycles. The van der Waals surface area contributed by atoms with E-state index in [0.29, 0.717) is 10.6 Å². The lowest BCUT2D eigenvalue weighted by atomic mass is 9.95. The Hall–Kier alpha value is -2.33. The molecule has 1 amide bonds. The summed E-state index contributed by atoms with van der Waals surface area (Å²) in [6.45, 7) is 1.90. The zero-order chi connectivity index (χ0) is 21.2. The number of benzene rings is 1. The van der Waals surface area contributed by atoms with E-state index in [9.17, 15) is 26.8 Å². The zero-order valence-electron chi connectivity index (χ0n) is 15.5. The number of carbonyl (C=O) groups is 2. The Balaban J connectivity index is 1.87. The summed E-state index contributed by atoms with van der Waals surface area (Å²) in [5.74, 6) is -4.61. The number of rotatable bonds is 6. The topological polar surface area (TPSA) is 89.5 Å². The second kappa shape index (κ2) is 8.58. The molecule has 0 atom stereocenters. The van der Waals surface area contributed by atoms with Crippen molar-refractivity contribution in [2.45, 2.75) is 43.3 Å². The molecule has 0 saturated carbocycles. The Morgan fingerprint density at radius 2 is 1.83 bits per heavy atom. The lowest BCUT2D eigenvalue weighted by Crippen LogP contribution is -2.16. The van der Waals surface area contributed by atoms with Crippen LogP contribution in [0.5, 0.6) is 0 Å². The Morgan fingerprint density at radius 3 is 2.45 bits per heavy atom. The van der Waals surface area contributed by atoms with Crippen LogP contribution < -0.4 is 5.32 Å². The van der Waals surface area contributed by atoms with Crippen molar-refractivity contribution in [2.75, 3.05) is 11.9 Å². The molecule has 0 bridgehead atoms. The minimum atomic E-state index is -4.73. The fraction of sp³-hybridized carbons (Fsp3) is 0.368. The number of thiophene rings is 1. The standard InChI is InChI=1S/C19H19F2NO5S2/c1-2-27-18(24)15-13-5-3-4-6-14(13)28-17(15)22-16(23)11-7-9-12(10-8-11)29(25,26)19(20)21/h7-10,19H,2-6H2,1H3,(H,22,23). The van der Waals surface area contributed by atoms with Gasteiger partial charge in [-0.2, -0.15) is 8.78 Å². The number of nitrogens with one attached hydrogen (secondary N) is 1. The number of esters is 1. The Kier molecular flexibility index (Phi) is 6.33. The number of carbonyl (C=O) groups excluding carboxylic acids is 2. The van der Waals surface area contributed by atoms with E-state index in [4.69, 9.17) is 4.74 Å². The van der Waals surface area contributed by atoms with Crippen molar-refractivity contribution in [2.24, 2.45) is 0 Å². The van der Waals surface area contributed by atoms with Crippen LogP contribution in [0.1, 0.15) is 50.9 Å². The first-order chi connectivity index (χ1) is 13.8. The van der Waals surface area contributed by atoms with Crippen molar-refractivity contribution in [1.82, 2.24) is 0 Å². The van der Waals surface area contributed by atoms with Crippen LogP contribution in [0.25, 0.3) is 0 Å². The number of anilines is 1. The van der Waals surface area contributed by atoms with E-state index in [1.165, 1.54) is 11.3 Å². The highest BCUT2D eigenvalue weighted by Gasteiger charge is 2.28. The van der Waals surface area contributed by atoms with Crippen molar-refractivity contribution in [1.29, 1.82) is 0 Å². The molecule has 156 valence electrons. The molecule has 0 radical (unpaired) electrons. The van der Waals surface area contributed by atoms with E-state index < -0.39 is 32.4 Å². The molecule has 3 rings (SSSR count). The normalized spacial score (nSPS) is 13.8. The fourth-order valence-electron chi connectivity index (χ4n) is 3.15. The van der Waals surface area contributed by atoms with E-state index in [1.807, 2.05) is 0 Å². The molecule has 1 N–H and O–H groups in total. The number of sulfone groups is 1. The van der Waals surface area contributed by atoms with Gasteiger partial charge in [-0.25, -0.2) is 13.2 Å². The summed E-state index contributed by atoms with van der Waals surface area (Å²) in [5.41, 5.74) is 1.34. The number of amides is 1. The SMILES string of the molecule is CCOC(=O)c1c(NC(=O)c2ccc(S(=O)(=O)C(F)F)cc2)sc2c1CCCC2. The van der Waals surface area contributed by atoms with E-state index >= 15 is 0 Å². The smallest absolute Gasteiger partial charge is 0.341 e. The summed E-state index contributed by atoms with van der Waals surface area (Å²) in [6.07, 6.45) is 3.51. The molecule has 1 aromatic carbocycles. The molecule has 1 aromatic heterocycles. The monoisotopic (exact) mass is 443 g/mol. The minimum absolute atomic E-state index is 0.0828. The molecule has 0 fully saturated rings. The highest BCUT2D eigenvalue weighted by atomic mass is 32.2. The Bertz CT molecular complexity index is 1030. The maximum atomic E-state index is 12.6. The van der Waals surface area contributed by atoms with Gasteiger partial charge in [0.05, 0.1) is 17.1 Å². The summed E-state index contributed by atoms with van der Waals surface area (Å²) in [4.78, 5) is 25.5. The number of halogens is 2. The quantitative estimate of drug-likeness (QED) is 0.681. The first-order valence-corrected chi connectivity index (χ1v) is 11.4. The van der Waals surface area contributed by atoms with Crippen molar-refractivity contribution >= 4 is 38.1 Å². The molecule has 29 heavy (non-hydrogen) atoms. The van der Waals surface area contributed by atoms with Crippen LogP contribution in [0.4, 0.5) is 13.8 Å². The minimum Gasteiger partial charge on any atom is -0.462 e. The average Bonchev–Trinajstić information content (AvgIpc) is 3.06. The van der Waals surface area contributed by atoms with Gasteiger partial charge >= 0.3 is 11.7 Å². The number of hydrogen-bond donors (Lipinski definition) is 1. The highest BCUT2D eigenvalue weighted by molar-refractivity contribution is 7.91. The lowest BCUT2D eigenvalue weighted by molar-refractivity contribution is 0.0526. The van der Waals surface area contributed by atoms with Crippen LogP contribution in [-0.4, -0.2) is 32.7 Å². The van der Waals surface area contributed by atoms with E-state index in [1.54, 1.807) is 6.92 Å². The number of alkyl halides is 2. The van der Waals surface area contributed by atoms with E-state index in [-0.39, 0.29) is 12.2 Å². The maximum absolute atomic E-state index is 12.6. The van der Waals surface area contributed by atoms with Gasteiger partial charge in [-0.1, -0.05) is 0 Å². The van der Waals surface area contributed by atoms with Crippen LogP contribution in [-0.2, 0) is 27.4 Å². The number of hydrogen-bond acceptors (Lipinski definition) is 6. The van der Waals surface area contributed by atoms with Crippen LogP contribution in [0.2, 0.25) is 0 Å². The molecule has 1 aliphatic rings. The summed E-state index contributed by atoms with van der Waals surface area (Å²) in [6, 6.07) is 4.23. The Morgan fingerprint density at radius 1 is 1.17 bits per heavy atom. The van der Waals surface area contributed by atoms with Gasteiger partial charge in [0.1, 0.15) is 5.00 Å². The van der Waals surface area contributed by atoms with Gasteiger partial charge in [-0.05, 0) is 62.4 Å². The molecule has 0 aliphatic heterocycles. The van der Waals surface area contributed by atoms with Crippen LogP contribution >= 0.6 is 11.3 Å². The summed E-state index contributed by atoms with van der Waals surface area (Å²) >= 11 is 1.32. The third kappa shape index (κ3) is 4.32. The molecule has 2 aromatic rings. The third-order valence-corrected chi connectivity index (χ3v) is 7.16. The largest absolute Gasteiger partial charge is 0.462 e. The number of ether oxygens (including phenoxy) is 1. The molecule has 1 heterocycles. The second-order valence-electron chi connectivity index (χ2n) is 6.42. The van der Waals surface area contributed by atoms with Gasteiger partial charge in [0.2, 0.25) is 9.84 Å².